The van der Waals surface area contributed by atoms with Crippen LogP contribution in [-0.2, 0) is 6.54 Å². The number of nitrogens with one attached hydrogen (secondary N) is 2. The summed E-state index contributed by atoms with van der Waals surface area (Å²) < 4.78 is 5.62. The lowest BCUT2D eigenvalue weighted by Crippen LogP contribution is -2.23. The van der Waals surface area contributed by atoms with Gasteiger partial charge in [0.2, 0.25) is 5.88 Å². The number of aromatic amines is 1. The van der Waals surface area contributed by atoms with Crippen LogP contribution in [-0.4, -0.2) is 27.7 Å². The van der Waals surface area contributed by atoms with E-state index in [1.807, 2.05) is 12.1 Å². The van der Waals surface area contributed by atoms with E-state index < -0.39 is 0 Å². The van der Waals surface area contributed by atoms with Crippen LogP contribution in [0.15, 0.2) is 30.6 Å². The van der Waals surface area contributed by atoms with Gasteiger partial charge in [0.15, 0.2) is 0 Å². The zero-order valence-electron chi connectivity index (χ0n) is 11.4. The van der Waals surface area contributed by atoms with Crippen LogP contribution in [0.3, 0.4) is 0 Å². The molecule has 106 valence electrons. The predicted octanol–water partition coefficient (Wildman–Crippen LogP) is 1.91. The van der Waals surface area contributed by atoms with Gasteiger partial charge in [0.1, 0.15) is 5.69 Å². The molecule has 0 aliphatic rings. The molecule has 6 heteroatoms. The Morgan fingerprint density at radius 2 is 2.30 bits per heavy atom. The van der Waals surface area contributed by atoms with Crippen LogP contribution in [0.5, 0.6) is 5.88 Å². The van der Waals surface area contributed by atoms with E-state index in [1.165, 1.54) is 6.20 Å². The van der Waals surface area contributed by atoms with Gasteiger partial charge in [-0.05, 0) is 18.6 Å². The molecule has 20 heavy (non-hydrogen) atoms. The molecular formula is C14H18N4O2. The number of pyridine rings is 1. The first kappa shape index (κ1) is 14.0. The van der Waals surface area contributed by atoms with Gasteiger partial charge in [-0.1, -0.05) is 19.4 Å². The lowest BCUT2D eigenvalue weighted by Gasteiger charge is -2.10. The van der Waals surface area contributed by atoms with Gasteiger partial charge in [0.25, 0.3) is 5.91 Å². The second kappa shape index (κ2) is 7.28. The van der Waals surface area contributed by atoms with Crippen LogP contribution in [0.2, 0.25) is 0 Å². The molecule has 0 unspecified atom stereocenters. The Balaban J connectivity index is 1.93. The highest BCUT2D eigenvalue weighted by Gasteiger charge is 2.09. The SMILES string of the molecule is CCCCOc1ncccc1CNC(=O)c1ccn[nH]1. The Labute approximate surface area is 117 Å². The number of ether oxygens (including phenoxy) is 1. The van der Waals surface area contributed by atoms with Crippen LogP contribution in [0.4, 0.5) is 0 Å². The molecule has 0 aliphatic carbocycles. The standard InChI is InChI=1S/C14H18N4O2/c1-2-3-9-20-14-11(5-4-7-15-14)10-16-13(19)12-6-8-17-18-12/h4-8H,2-3,9-10H2,1H3,(H,16,19)(H,17,18). The van der Waals surface area contributed by atoms with Crippen molar-refractivity contribution in [1.82, 2.24) is 20.5 Å². The molecule has 2 aromatic heterocycles. The summed E-state index contributed by atoms with van der Waals surface area (Å²) in [7, 11) is 0. The maximum Gasteiger partial charge on any atom is 0.269 e. The summed E-state index contributed by atoms with van der Waals surface area (Å²) in [4.78, 5) is 16.0. The molecule has 1 amide bonds. The van der Waals surface area contributed by atoms with Gasteiger partial charge in [-0.2, -0.15) is 5.10 Å². The molecule has 0 aromatic carbocycles. The van der Waals surface area contributed by atoms with Crippen LogP contribution in [0.25, 0.3) is 0 Å². The minimum absolute atomic E-state index is 0.203. The molecule has 0 radical (unpaired) electrons. The summed E-state index contributed by atoms with van der Waals surface area (Å²) in [6, 6.07) is 5.34. The lowest BCUT2D eigenvalue weighted by atomic mass is 10.2. The summed E-state index contributed by atoms with van der Waals surface area (Å²) >= 11 is 0. The van der Waals surface area contributed by atoms with Crippen LogP contribution >= 0.6 is 0 Å². The maximum absolute atomic E-state index is 11.8. The van der Waals surface area contributed by atoms with Crippen molar-refractivity contribution < 1.29 is 9.53 Å². The molecule has 2 rings (SSSR count). The average molecular weight is 274 g/mol. The van der Waals surface area contributed by atoms with E-state index in [1.54, 1.807) is 12.3 Å². The summed E-state index contributed by atoms with van der Waals surface area (Å²) in [5.41, 5.74) is 1.29. The minimum Gasteiger partial charge on any atom is -0.477 e. The van der Waals surface area contributed by atoms with E-state index >= 15 is 0 Å². The fourth-order valence-electron chi connectivity index (χ4n) is 1.65. The second-order valence-electron chi connectivity index (χ2n) is 4.32. The van der Waals surface area contributed by atoms with Crippen molar-refractivity contribution in [3.8, 4) is 5.88 Å². The number of unbranched alkanes of at least 4 members (excludes halogenated alkanes) is 1. The van der Waals surface area contributed by atoms with E-state index in [9.17, 15) is 4.79 Å². The van der Waals surface area contributed by atoms with Crippen molar-refractivity contribution in [2.75, 3.05) is 6.61 Å². The Hall–Kier alpha value is -2.37. The highest BCUT2D eigenvalue weighted by atomic mass is 16.5. The number of carbonyl (C=O) groups is 1. The third-order valence-corrected chi connectivity index (χ3v) is 2.77. The summed E-state index contributed by atoms with van der Waals surface area (Å²) in [5, 5.41) is 9.17. The number of hydrogen-bond donors (Lipinski definition) is 2. The van der Waals surface area contributed by atoms with Gasteiger partial charge in [-0.25, -0.2) is 4.98 Å². The first-order chi connectivity index (χ1) is 9.81. The van der Waals surface area contributed by atoms with Crippen LogP contribution in [0, 0.1) is 0 Å². The van der Waals surface area contributed by atoms with Gasteiger partial charge < -0.3 is 10.1 Å². The molecular weight excluding hydrogens is 256 g/mol. The second-order valence-corrected chi connectivity index (χ2v) is 4.32. The summed E-state index contributed by atoms with van der Waals surface area (Å²) in [6.45, 7) is 3.11. The van der Waals surface area contributed by atoms with Crippen molar-refractivity contribution in [3.63, 3.8) is 0 Å². The number of nitrogens with zero attached hydrogens (tertiary/aromatic N) is 2. The zero-order chi connectivity index (χ0) is 14.2. The molecule has 2 aromatic rings. The predicted molar refractivity (Wildman–Crippen MR) is 74.4 cm³/mol. The number of hydrogen-bond acceptors (Lipinski definition) is 4. The number of carbonyl (C=O) groups excluding carboxylic acids is 1. The molecule has 0 fully saturated rings. The molecule has 0 atom stereocenters. The molecule has 0 saturated carbocycles. The third kappa shape index (κ3) is 3.81. The average Bonchev–Trinajstić information content (AvgIpc) is 3.00. The van der Waals surface area contributed by atoms with E-state index in [4.69, 9.17) is 4.74 Å². The van der Waals surface area contributed by atoms with E-state index in [-0.39, 0.29) is 5.91 Å². The zero-order valence-corrected chi connectivity index (χ0v) is 11.4. The summed E-state index contributed by atoms with van der Waals surface area (Å²) in [5.74, 6) is 0.372. The number of H-pyrrole nitrogens is 1. The van der Waals surface area contributed by atoms with Crippen molar-refractivity contribution in [1.29, 1.82) is 0 Å². The van der Waals surface area contributed by atoms with Gasteiger partial charge in [-0.15, -0.1) is 0 Å². The Bertz CT molecular complexity index is 540. The van der Waals surface area contributed by atoms with Crippen LogP contribution in [0.1, 0.15) is 35.8 Å². The molecule has 0 bridgehead atoms. The van der Waals surface area contributed by atoms with Gasteiger partial charge >= 0.3 is 0 Å². The fraction of sp³-hybridized carbons (Fsp3) is 0.357. The van der Waals surface area contributed by atoms with Gasteiger partial charge in [0.05, 0.1) is 6.61 Å². The Kier molecular flexibility index (Phi) is 5.11. The fourth-order valence-corrected chi connectivity index (χ4v) is 1.65. The highest BCUT2D eigenvalue weighted by molar-refractivity contribution is 5.92. The number of rotatable bonds is 7. The van der Waals surface area contributed by atoms with Crippen LogP contribution < -0.4 is 10.1 Å². The Morgan fingerprint density at radius 3 is 3.05 bits per heavy atom. The number of amides is 1. The normalized spacial score (nSPS) is 10.2. The third-order valence-electron chi connectivity index (χ3n) is 2.77. The van der Waals surface area contributed by atoms with E-state index in [0.29, 0.717) is 24.7 Å². The van der Waals surface area contributed by atoms with E-state index in [2.05, 4.69) is 27.4 Å². The smallest absolute Gasteiger partial charge is 0.269 e. The molecule has 0 aliphatic heterocycles. The maximum atomic E-state index is 11.8. The highest BCUT2D eigenvalue weighted by Crippen LogP contribution is 2.14. The topological polar surface area (TPSA) is 79.9 Å². The summed E-state index contributed by atoms with van der Waals surface area (Å²) in [6.07, 6.45) is 5.27. The lowest BCUT2D eigenvalue weighted by molar-refractivity contribution is 0.0945. The van der Waals surface area contributed by atoms with Crippen molar-refractivity contribution >= 4 is 5.91 Å². The first-order valence-corrected chi connectivity index (χ1v) is 6.65. The molecule has 0 saturated heterocycles. The van der Waals surface area contributed by atoms with E-state index in [0.717, 1.165) is 18.4 Å². The molecule has 6 nitrogen and oxygen atoms in total. The van der Waals surface area contributed by atoms with Crippen molar-refractivity contribution in [3.05, 3.63) is 41.9 Å². The van der Waals surface area contributed by atoms with Gasteiger partial charge in [0, 0.05) is 24.5 Å². The monoisotopic (exact) mass is 274 g/mol. The van der Waals surface area contributed by atoms with Crippen molar-refractivity contribution in [2.24, 2.45) is 0 Å². The van der Waals surface area contributed by atoms with Crippen molar-refractivity contribution in [2.45, 2.75) is 26.3 Å². The molecule has 2 N–H and O–H groups in total. The minimum atomic E-state index is -0.203. The quantitative estimate of drug-likeness (QED) is 0.756. The molecule has 0 spiro atoms. The molecule has 2 heterocycles. The number of aromatic nitrogens is 3. The Morgan fingerprint density at radius 1 is 1.40 bits per heavy atom. The first-order valence-electron chi connectivity index (χ1n) is 6.65. The van der Waals surface area contributed by atoms with Gasteiger partial charge in [-0.3, -0.25) is 9.89 Å². The largest absolute Gasteiger partial charge is 0.477 e.